The van der Waals surface area contributed by atoms with Crippen LogP contribution in [0, 0.1) is 18.6 Å². The van der Waals surface area contributed by atoms with Crippen LogP contribution in [0.25, 0.3) is 32.0 Å². The monoisotopic (exact) mass is 760 g/mol. The van der Waals surface area contributed by atoms with E-state index in [4.69, 9.17) is 13.9 Å². The minimum absolute atomic E-state index is 0.0293. The van der Waals surface area contributed by atoms with E-state index in [1.54, 1.807) is 31.2 Å². The summed E-state index contributed by atoms with van der Waals surface area (Å²) in [5, 5.41) is 13.3. The minimum atomic E-state index is -3.31. The first-order valence-electron chi connectivity index (χ1n) is 17.2. The van der Waals surface area contributed by atoms with Gasteiger partial charge in [-0.1, -0.05) is 18.2 Å². The molecule has 4 aromatic heterocycles. The molecule has 5 heterocycles. The number of anilines is 1. The molecule has 3 N–H and O–H groups in total. The number of aromatic nitrogens is 4. The molecule has 16 heteroatoms. The van der Waals surface area contributed by atoms with Gasteiger partial charge in [-0.05, 0) is 73.2 Å². The van der Waals surface area contributed by atoms with Crippen molar-refractivity contribution in [3.8, 4) is 27.6 Å². The Labute approximate surface area is 308 Å². The van der Waals surface area contributed by atoms with Crippen LogP contribution >= 0.6 is 11.3 Å². The molecule has 11 nitrogen and oxygen atoms in total. The Morgan fingerprint density at radius 1 is 1.15 bits per heavy atom. The SMILES string of the molecule is COc1c(F)ccc2c1CC(F)(F)[C@H]2Nc1nc(C)cc2cc(-c3c(-c4n[nH]c(=O)o4)cnc([C@@H]4CCCN4)c3C(=O)OCCc3ccc(F)cc3)sc12. The highest BCUT2D eigenvalue weighted by Crippen LogP contribution is 2.50. The number of carbonyl (C=O) groups is 1. The highest BCUT2D eigenvalue weighted by molar-refractivity contribution is 7.23. The number of aryl methyl sites for hydroxylation is 1. The van der Waals surface area contributed by atoms with E-state index in [0.717, 1.165) is 18.1 Å². The van der Waals surface area contributed by atoms with Gasteiger partial charge in [-0.15, -0.1) is 16.4 Å². The molecule has 2 aromatic carbocycles. The van der Waals surface area contributed by atoms with Gasteiger partial charge in [0.15, 0.2) is 11.6 Å². The molecule has 0 unspecified atom stereocenters. The molecule has 0 bridgehead atoms. The number of benzene rings is 2. The lowest BCUT2D eigenvalue weighted by Gasteiger charge is -2.22. The van der Waals surface area contributed by atoms with Gasteiger partial charge in [-0.3, -0.25) is 4.98 Å². The molecule has 2 atom stereocenters. The molecular weight excluding hydrogens is 729 g/mol. The van der Waals surface area contributed by atoms with Crippen LogP contribution in [0.1, 0.15) is 63.4 Å². The number of hydrogen-bond donors (Lipinski definition) is 3. The number of alkyl halides is 2. The van der Waals surface area contributed by atoms with Crippen molar-refractivity contribution in [1.82, 2.24) is 25.5 Å². The van der Waals surface area contributed by atoms with Gasteiger partial charge in [-0.25, -0.2) is 37.2 Å². The molecule has 0 radical (unpaired) electrons. The van der Waals surface area contributed by atoms with Crippen molar-refractivity contribution in [2.45, 2.75) is 50.6 Å². The zero-order valence-corrected chi connectivity index (χ0v) is 29.7. The molecule has 2 aliphatic rings. The summed E-state index contributed by atoms with van der Waals surface area (Å²) in [6.45, 7) is 2.40. The van der Waals surface area contributed by atoms with E-state index in [1.165, 1.54) is 42.8 Å². The number of fused-ring (bicyclic) bond motifs is 2. The summed E-state index contributed by atoms with van der Waals surface area (Å²) in [4.78, 5) is 36.2. The molecule has 1 fully saturated rings. The van der Waals surface area contributed by atoms with Gasteiger partial charge in [0.1, 0.15) is 17.7 Å². The lowest BCUT2D eigenvalue weighted by Crippen LogP contribution is -2.28. The van der Waals surface area contributed by atoms with Gasteiger partial charge >= 0.3 is 11.7 Å². The van der Waals surface area contributed by atoms with Crippen molar-refractivity contribution >= 4 is 33.2 Å². The van der Waals surface area contributed by atoms with Crippen molar-refractivity contribution < 1.29 is 36.2 Å². The average Bonchev–Trinajstić information content (AvgIpc) is 3.96. The Morgan fingerprint density at radius 3 is 2.69 bits per heavy atom. The fraction of sp³-hybridized carbons (Fsp3) is 0.289. The van der Waals surface area contributed by atoms with Gasteiger partial charge < -0.3 is 24.5 Å². The second-order valence-electron chi connectivity index (χ2n) is 13.2. The highest BCUT2D eigenvalue weighted by Gasteiger charge is 2.50. The third-order valence-corrected chi connectivity index (χ3v) is 10.8. The van der Waals surface area contributed by atoms with E-state index >= 15 is 8.78 Å². The van der Waals surface area contributed by atoms with E-state index < -0.39 is 35.9 Å². The van der Waals surface area contributed by atoms with Crippen LogP contribution in [0.3, 0.4) is 0 Å². The van der Waals surface area contributed by atoms with Crippen LogP contribution in [0.2, 0.25) is 0 Å². The number of pyridine rings is 2. The topological polar surface area (TPSA) is 144 Å². The standard InChI is InChI=1S/C38H32F4N6O5S/c1-18-14-20-15-27(54-32(20)34(45-18)46-33-22-9-10-25(40)31(51-2)23(22)16-38(33,41)42)28-24(35-47-48-37(50)53-35)17-44-30(26-4-3-12-43-26)29(28)36(49)52-13-11-19-5-7-21(39)8-6-19/h5-10,14-15,17,26,33,43H,3-4,11-13,16H2,1-2H3,(H,45,46)(H,48,50)/t26-,33-/m0/s1. The maximum Gasteiger partial charge on any atom is 0.434 e. The average molecular weight is 761 g/mol. The van der Waals surface area contributed by atoms with Crippen molar-refractivity contribution in [2.24, 2.45) is 0 Å². The lowest BCUT2D eigenvalue weighted by atomic mass is 9.95. The van der Waals surface area contributed by atoms with Crippen LogP contribution in [0.4, 0.5) is 23.4 Å². The Kier molecular flexibility index (Phi) is 9.17. The van der Waals surface area contributed by atoms with E-state index in [9.17, 15) is 18.4 Å². The molecule has 1 saturated heterocycles. The molecule has 6 aromatic rings. The fourth-order valence-corrected chi connectivity index (χ4v) is 8.40. The molecule has 8 rings (SSSR count). The van der Waals surface area contributed by atoms with E-state index in [2.05, 4.69) is 30.8 Å². The van der Waals surface area contributed by atoms with Gasteiger partial charge in [0.05, 0.1) is 41.3 Å². The third-order valence-electron chi connectivity index (χ3n) is 9.66. The number of halogens is 4. The molecule has 0 spiro atoms. The summed E-state index contributed by atoms with van der Waals surface area (Å²) in [6.07, 6.45) is 2.59. The number of rotatable bonds is 10. The van der Waals surface area contributed by atoms with Gasteiger partial charge in [0.2, 0.25) is 0 Å². The third kappa shape index (κ3) is 6.49. The van der Waals surface area contributed by atoms with Crippen molar-refractivity contribution in [3.05, 3.63) is 111 Å². The van der Waals surface area contributed by atoms with Crippen LogP contribution in [0.15, 0.2) is 63.9 Å². The summed E-state index contributed by atoms with van der Waals surface area (Å²) in [6, 6.07) is 10.0. The normalized spacial score (nSPS) is 17.5. The number of nitrogens with one attached hydrogen (secondary N) is 3. The second-order valence-corrected chi connectivity index (χ2v) is 14.2. The van der Waals surface area contributed by atoms with Gasteiger partial charge in [0.25, 0.3) is 11.8 Å². The maximum absolute atomic E-state index is 15.7. The van der Waals surface area contributed by atoms with Crippen molar-refractivity contribution in [2.75, 3.05) is 25.6 Å². The summed E-state index contributed by atoms with van der Waals surface area (Å²) in [5.41, 5.74) is 2.63. The molecule has 0 saturated carbocycles. The minimum Gasteiger partial charge on any atom is -0.493 e. The van der Waals surface area contributed by atoms with Crippen LogP contribution in [0.5, 0.6) is 5.75 Å². The number of nitrogens with zero attached hydrogens (tertiary/aromatic N) is 3. The van der Waals surface area contributed by atoms with Gasteiger partial charge in [0, 0.05) is 40.7 Å². The first-order valence-corrected chi connectivity index (χ1v) is 18.0. The first-order chi connectivity index (χ1) is 26.0. The molecule has 1 aliphatic heterocycles. The van der Waals surface area contributed by atoms with Crippen LogP contribution < -0.4 is 21.1 Å². The number of ether oxygens (including phenoxy) is 2. The number of H-pyrrole nitrogens is 1. The Balaban J connectivity index is 1.26. The Morgan fingerprint density at radius 2 is 1.96 bits per heavy atom. The fourth-order valence-electron chi connectivity index (χ4n) is 7.24. The lowest BCUT2D eigenvalue weighted by molar-refractivity contribution is -0.00737. The smallest absolute Gasteiger partial charge is 0.434 e. The first kappa shape index (κ1) is 35.4. The van der Waals surface area contributed by atoms with E-state index in [0.29, 0.717) is 51.3 Å². The van der Waals surface area contributed by atoms with Crippen LogP contribution in [-0.4, -0.2) is 52.3 Å². The number of methoxy groups -OCH3 is 1. The molecule has 54 heavy (non-hydrogen) atoms. The molecule has 1 aliphatic carbocycles. The predicted molar refractivity (Wildman–Crippen MR) is 192 cm³/mol. The quantitative estimate of drug-likeness (QED) is 0.0951. The summed E-state index contributed by atoms with van der Waals surface area (Å²) >= 11 is 1.18. The zero-order chi connectivity index (χ0) is 37.7. The maximum atomic E-state index is 15.7. The van der Waals surface area contributed by atoms with Crippen LogP contribution in [-0.2, 0) is 17.6 Å². The van der Waals surface area contributed by atoms with Gasteiger partial charge in [-0.2, -0.15) is 0 Å². The largest absolute Gasteiger partial charge is 0.493 e. The molecule has 278 valence electrons. The van der Waals surface area contributed by atoms with E-state index in [-0.39, 0.29) is 58.2 Å². The summed E-state index contributed by atoms with van der Waals surface area (Å²) in [5.74, 6) is -6.14. The number of aromatic amines is 1. The predicted octanol–water partition coefficient (Wildman–Crippen LogP) is 7.47. The second kappa shape index (κ2) is 14.0. The summed E-state index contributed by atoms with van der Waals surface area (Å²) in [7, 11) is 1.24. The number of esters is 1. The molecular formula is C38H32F4N6O5S. The highest BCUT2D eigenvalue weighted by atomic mass is 32.1. The summed E-state index contributed by atoms with van der Waals surface area (Å²) < 4.78 is 76.3. The Hall–Kier alpha value is -5.61. The van der Waals surface area contributed by atoms with Crippen molar-refractivity contribution in [3.63, 3.8) is 0 Å². The number of thiophene rings is 1. The molecule has 0 amide bonds. The zero-order valence-electron chi connectivity index (χ0n) is 28.9. The van der Waals surface area contributed by atoms with E-state index in [1.807, 2.05) is 0 Å². The number of carbonyl (C=O) groups excluding carboxylic acids is 1. The Bertz CT molecular complexity index is 2460. The van der Waals surface area contributed by atoms with Crippen molar-refractivity contribution in [1.29, 1.82) is 0 Å². The number of hydrogen-bond acceptors (Lipinski definition) is 11.